The second kappa shape index (κ2) is 8.08. The van der Waals surface area contributed by atoms with Gasteiger partial charge in [-0.2, -0.15) is 0 Å². The van der Waals surface area contributed by atoms with Gasteiger partial charge in [0.15, 0.2) is 12.4 Å². The van der Waals surface area contributed by atoms with E-state index in [0.29, 0.717) is 24.3 Å². The highest BCUT2D eigenvalue weighted by atomic mass is 16.5. The molecule has 2 aromatic rings. The minimum Gasteiger partial charge on any atom is -0.484 e. The number of hydrogen-bond acceptors (Lipinski definition) is 4. The quantitative estimate of drug-likeness (QED) is 0.736. The lowest BCUT2D eigenvalue weighted by Crippen LogP contribution is -2.33. The summed E-state index contributed by atoms with van der Waals surface area (Å²) in [5.74, 6) is 0.368. The van der Waals surface area contributed by atoms with E-state index in [2.05, 4.69) is 4.98 Å². The Morgan fingerprint density at radius 3 is 2.70 bits per heavy atom. The number of Topliss-reactive ketones (excluding diaryl/α,β-unsaturated/α-hetero) is 1. The van der Waals surface area contributed by atoms with Gasteiger partial charge in [-0.1, -0.05) is 18.2 Å². The van der Waals surface area contributed by atoms with Crippen molar-refractivity contribution in [3.8, 4) is 5.75 Å². The molecule has 0 bridgehead atoms. The average Bonchev–Trinajstić information content (AvgIpc) is 2.58. The predicted octanol–water partition coefficient (Wildman–Crippen LogP) is 2.36. The van der Waals surface area contributed by atoms with E-state index in [-0.39, 0.29) is 18.3 Å². The van der Waals surface area contributed by atoms with Gasteiger partial charge in [0.2, 0.25) is 0 Å². The third-order valence-electron chi connectivity index (χ3n) is 3.46. The lowest BCUT2D eigenvalue weighted by Gasteiger charge is -2.17. The first-order chi connectivity index (χ1) is 11.1. The normalized spacial score (nSPS) is 10.2. The average molecular weight is 312 g/mol. The summed E-state index contributed by atoms with van der Waals surface area (Å²) in [6.45, 7) is 2.02. The van der Waals surface area contributed by atoms with Crippen molar-refractivity contribution in [3.05, 3.63) is 59.9 Å². The molecule has 0 atom stereocenters. The van der Waals surface area contributed by atoms with Crippen LogP contribution in [-0.2, 0) is 11.2 Å². The maximum atomic E-state index is 12.1. The molecule has 1 aromatic heterocycles. The van der Waals surface area contributed by atoms with Gasteiger partial charge in [0.1, 0.15) is 5.75 Å². The van der Waals surface area contributed by atoms with E-state index in [1.165, 1.54) is 6.92 Å². The van der Waals surface area contributed by atoms with Crippen molar-refractivity contribution in [2.24, 2.45) is 0 Å². The Balaban J connectivity index is 1.82. The van der Waals surface area contributed by atoms with Gasteiger partial charge in [0.25, 0.3) is 5.91 Å². The summed E-state index contributed by atoms with van der Waals surface area (Å²) in [7, 11) is 1.74. The highest BCUT2D eigenvalue weighted by Gasteiger charge is 2.10. The van der Waals surface area contributed by atoms with Crippen LogP contribution in [0.4, 0.5) is 0 Å². The molecule has 0 unspecified atom stereocenters. The van der Waals surface area contributed by atoms with Gasteiger partial charge in [-0.05, 0) is 31.2 Å². The fraction of sp³-hybridized carbons (Fsp3) is 0.278. The number of pyridine rings is 1. The summed E-state index contributed by atoms with van der Waals surface area (Å²) in [4.78, 5) is 29.2. The molecule has 0 aliphatic rings. The van der Waals surface area contributed by atoms with Crippen molar-refractivity contribution >= 4 is 11.7 Å². The molecule has 5 nitrogen and oxygen atoms in total. The van der Waals surface area contributed by atoms with E-state index in [9.17, 15) is 9.59 Å². The van der Waals surface area contributed by atoms with Crippen molar-refractivity contribution in [3.63, 3.8) is 0 Å². The number of carbonyl (C=O) groups excluding carboxylic acids is 2. The lowest BCUT2D eigenvalue weighted by molar-refractivity contribution is -0.132. The fourth-order valence-electron chi connectivity index (χ4n) is 2.01. The molecule has 0 N–H and O–H groups in total. The number of hydrogen-bond donors (Lipinski definition) is 0. The molecule has 0 saturated carbocycles. The van der Waals surface area contributed by atoms with Crippen LogP contribution >= 0.6 is 0 Å². The van der Waals surface area contributed by atoms with Gasteiger partial charge in [0, 0.05) is 37.5 Å². The number of nitrogens with zero attached hydrogens (tertiary/aromatic N) is 2. The molecule has 5 heteroatoms. The summed E-state index contributed by atoms with van der Waals surface area (Å²) < 4.78 is 5.47. The number of ether oxygens (including phenoxy) is 1. The topological polar surface area (TPSA) is 59.5 Å². The SMILES string of the molecule is CC(=O)c1cccc(OCC(=O)N(C)CCc2ccccn2)c1. The van der Waals surface area contributed by atoms with Crippen molar-refractivity contribution in [1.29, 1.82) is 0 Å². The first-order valence-electron chi connectivity index (χ1n) is 7.44. The molecule has 0 spiro atoms. The van der Waals surface area contributed by atoms with Gasteiger partial charge in [0.05, 0.1) is 0 Å². The molecule has 0 fully saturated rings. The van der Waals surface area contributed by atoms with Crippen LogP contribution in [0.2, 0.25) is 0 Å². The zero-order valence-electron chi connectivity index (χ0n) is 13.4. The van der Waals surface area contributed by atoms with E-state index in [1.807, 2.05) is 18.2 Å². The first-order valence-corrected chi connectivity index (χ1v) is 7.44. The van der Waals surface area contributed by atoms with Gasteiger partial charge in [-0.25, -0.2) is 0 Å². The summed E-state index contributed by atoms with van der Waals surface area (Å²) in [6, 6.07) is 12.5. The van der Waals surface area contributed by atoms with E-state index >= 15 is 0 Å². The van der Waals surface area contributed by atoms with Crippen LogP contribution in [0, 0.1) is 0 Å². The van der Waals surface area contributed by atoms with E-state index in [0.717, 1.165) is 5.69 Å². The van der Waals surface area contributed by atoms with Gasteiger partial charge in [-0.3, -0.25) is 14.6 Å². The number of likely N-dealkylation sites (N-methyl/N-ethyl adjacent to an activating group) is 1. The number of ketones is 1. The molecule has 1 aromatic carbocycles. The first kappa shape index (κ1) is 16.7. The molecule has 0 aliphatic carbocycles. The number of carbonyl (C=O) groups is 2. The smallest absolute Gasteiger partial charge is 0.260 e. The van der Waals surface area contributed by atoms with Gasteiger partial charge < -0.3 is 9.64 Å². The van der Waals surface area contributed by atoms with E-state index in [4.69, 9.17) is 4.74 Å². The van der Waals surface area contributed by atoms with Crippen molar-refractivity contribution < 1.29 is 14.3 Å². The van der Waals surface area contributed by atoms with Gasteiger partial charge >= 0.3 is 0 Å². The summed E-state index contributed by atoms with van der Waals surface area (Å²) in [5, 5.41) is 0. The molecule has 1 heterocycles. The summed E-state index contributed by atoms with van der Waals surface area (Å²) in [5.41, 5.74) is 1.51. The van der Waals surface area contributed by atoms with Crippen LogP contribution in [-0.4, -0.2) is 41.8 Å². The molecule has 2 rings (SSSR count). The standard InChI is InChI=1S/C18H20N2O3/c1-14(21)15-6-5-8-17(12-15)23-13-18(22)20(2)11-9-16-7-3-4-10-19-16/h3-8,10,12H,9,11,13H2,1-2H3. The molecule has 23 heavy (non-hydrogen) atoms. The van der Waals surface area contributed by atoms with Crippen LogP contribution in [0.25, 0.3) is 0 Å². The molecule has 0 aliphatic heterocycles. The number of benzene rings is 1. The molecule has 120 valence electrons. The number of rotatable bonds is 7. The number of amides is 1. The van der Waals surface area contributed by atoms with Crippen molar-refractivity contribution in [1.82, 2.24) is 9.88 Å². The fourth-order valence-corrected chi connectivity index (χ4v) is 2.01. The Labute approximate surface area is 135 Å². The molecule has 0 saturated heterocycles. The second-order valence-electron chi connectivity index (χ2n) is 5.26. The van der Waals surface area contributed by atoms with Crippen molar-refractivity contribution in [2.75, 3.05) is 20.2 Å². The van der Waals surface area contributed by atoms with E-state index < -0.39 is 0 Å². The van der Waals surface area contributed by atoms with Gasteiger partial charge in [-0.15, -0.1) is 0 Å². The largest absolute Gasteiger partial charge is 0.484 e. The monoisotopic (exact) mass is 312 g/mol. The Morgan fingerprint density at radius 1 is 1.17 bits per heavy atom. The molecule has 0 radical (unpaired) electrons. The number of aromatic nitrogens is 1. The third kappa shape index (κ3) is 5.21. The lowest BCUT2D eigenvalue weighted by atomic mass is 10.1. The second-order valence-corrected chi connectivity index (χ2v) is 5.26. The van der Waals surface area contributed by atoms with Crippen LogP contribution in [0.3, 0.4) is 0 Å². The van der Waals surface area contributed by atoms with E-state index in [1.54, 1.807) is 42.4 Å². The highest BCUT2D eigenvalue weighted by molar-refractivity contribution is 5.94. The maximum Gasteiger partial charge on any atom is 0.260 e. The molecular formula is C18H20N2O3. The Hall–Kier alpha value is -2.69. The summed E-state index contributed by atoms with van der Waals surface area (Å²) in [6.07, 6.45) is 2.44. The Morgan fingerprint density at radius 2 is 2.00 bits per heavy atom. The third-order valence-corrected chi connectivity index (χ3v) is 3.46. The zero-order valence-corrected chi connectivity index (χ0v) is 13.4. The van der Waals surface area contributed by atoms with Crippen LogP contribution in [0.15, 0.2) is 48.7 Å². The van der Waals surface area contributed by atoms with Crippen LogP contribution < -0.4 is 4.74 Å². The minimum absolute atomic E-state index is 0.0331. The molecular weight excluding hydrogens is 292 g/mol. The van der Waals surface area contributed by atoms with Crippen LogP contribution in [0.5, 0.6) is 5.75 Å². The maximum absolute atomic E-state index is 12.1. The van der Waals surface area contributed by atoms with Crippen molar-refractivity contribution in [2.45, 2.75) is 13.3 Å². The Bertz CT molecular complexity index is 671. The van der Waals surface area contributed by atoms with Crippen LogP contribution in [0.1, 0.15) is 23.0 Å². The zero-order chi connectivity index (χ0) is 16.7. The highest BCUT2D eigenvalue weighted by Crippen LogP contribution is 2.13. The molecule has 1 amide bonds. The summed E-state index contributed by atoms with van der Waals surface area (Å²) >= 11 is 0. The Kier molecular flexibility index (Phi) is 5.86. The predicted molar refractivity (Wildman–Crippen MR) is 87.5 cm³/mol. The minimum atomic E-state index is -0.117.